The number of rotatable bonds is 3. The smallest absolute Gasteiger partial charge is 0.410 e. The Balaban J connectivity index is 1.83. The second kappa shape index (κ2) is 6.60. The number of hydrogen-bond donors (Lipinski definition) is 0. The Morgan fingerprint density at radius 3 is 2.79 bits per heavy atom. The third-order valence-corrected chi connectivity index (χ3v) is 3.86. The van der Waals surface area contributed by atoms with E-state index in [0.29, 0.717) is 18.4 Å². The van der Waals surface area contributed by atoms with Crippen molar-refractivity contribution in [2.75, 3.05) is 13.1 Å². The fourth-order valence-corrected chi connectivity index (χ4v) is 2.53. The summed E-state index contributed by atoms with van der Waals surface area (Å²) < 4.78 is 5.38. The van der Waals surface area contributed by atoms with Crippen LogP contribution in [0.5, 0.6) is 0 Å². The van der Waals surface area contributed by atoms with Crippen molar-refractivity contribution < 1.29 is 9.53 Å². The summed E-state index contributed by atoms with van der Waals surface area (Å²) in [7, 11) is 0. The largest absolute Gasteiger partial charge is 0.445 e. The predicted molar refractivity (Wildman–Crippen MR) is 75.8 cm³/mol. The fourth-order valence-electron chi connectivity index (χ4n) is 2.53. The molecule has 1 aliphatic rings. The molecule has 1 fully saturated rings. The van der Waals surface area contributed by atoms with Gasteiger partial charge in [0.05, 0.1) is 0 Å². The van der Waals surface area contributed by atoms with E-state index in [1.807, 2.05) is 35.2 Å². The van der Waals surface area contributed by atoms with Crippen molar-refractivity contribution in [2.24, 2.45) is 11.8 Å². The molecule has 1 aromatic carbocycles. The number of benzene rings is 1. The van der Waals surface area contributed by atoms with E-state index in [1.165, 1.54) is 6.42 Å². The molecule has 0 N–H and O–H groups in total. The highest BCUT2D eigenvalue weighted by Gasteiger charge is 2.26. The Morgan fingerprint density at radius 2 is 2.11 bits per heavy atom. The maximum absolute atomic E-state index is 12.0. The molecule has 3 nitrogen and oxygen atoms in total. The molecule has 0 spiro atoms. The average Bonchev–Trinajstić information content (AvgIpc) is 2.46. The van der Waals surface area contributed by atoms with Crippen molar-refractivity contribution in [3.63, 3.8) is 0 Å². The van der Waals surface area contributed by atoms with Crippen LogP contribution in [0.4, 0.5) is 4.79 Å². The van der Waals surface area contributed by atoms with Crippen molar-refractivity contribution in [3.8, 4) is 0 Å². The van der Waals surface area contributed by atoms with Crippen LogP contribution in [0.3, 0.4) is 0 Å². The summed E-state index contributed by atoms with van der Waals surface area (Å²) in [5.41, 5.74) is 1.04. The lowest BCUT2D eigenvalue weighted by atomic mass is 9.88. The van der Waals surface area contributed by atoms with Crippen LogP contribution in [0, 0.1) is 11.8 Å². The van der Waals surface area contributed by atoms with Gasteiger partial charge in [-0.2, -0.15) is 0 Å². The molecule has 1 unspecified atom stereocenters. The first-order chi connectivity index (χ1) is 9.16. The number of ether oxygens (including phenoxy) is 1. The van der Waals surface area contributed by atoms with Crippen LogP contribution < -0.4 is 0 Å². The zero-order valence-corrected chi connectivity index (χ0v) is 11.8. The molecule has 1 saturated heterocycles. The maximum atomic E-state index is 12.0. The quantitative estimate of drug-likeness (QED) is 0.830. The molecule has 2 rings (SSSR count). The lowest BCUT2D eigenvalue weighted by Crippen LogP contribution is -2.41. The number of carbonyl (C=O) groups is 1. The normalized spacial score (nSPS) is 19.5. The first kappa shape index (κ1) is 13.9. The molecule has 1 aromatic rings. The number of carbonyl (C=O) groups excluding carboxylic acids is 1. The molecule has 0 bridgehead atoms. The van der Waals surface area contributed by atoms with Crippen molar-refractivity contribution in [1.82, 2.24) is 4.90 Å². The van der Waals surface area contributed by atoms with E-state index in [0.717, 1.165) is 25.1 Å². The van der Waals surface area contributed by atoms with Crippen molar-refractivity contribution in [2.45, 2.75) is 33.3 Å². The van der Waals surface area contributed by atoms with Gasteiger partial charge in [-0.05, 0) is 30.2 Å². The second-order valence-electron chi connectivity index (χ2n) is 5.63. The van der Waals surface area contributed by atoms with Crippen LogP contribution in [0.25, 0.3) is 0 Å². The summed E-state index contributed by atoms with van der Waals surface area (Å²) >= 11 is 0. The van der Waals surface area contributed by atoms with E-state index < -0.39 is 0 Å². The highest BCUT2D eigenvalue weighted by atomic mass is 16.6. The molecule has 0 saturated carbocycles. The van der Waals surface area contributed by atoms with E-state index in [2.05, 4.69) is 13.8 Å². The molecular formula is C16H23NO2. The molecule has 3 heteroatoms. The highest BCUT2D eigenvalue weighted by Crippen LogP contribution is 2.23. The maximum Gasteiger partial charge on any atom is 0.410 e. The third-order valence-electron chi connectivity index (χ3n) is 3.86. The zero-order chi connectivity index (χ0) is 13.7. The molecule has 1 atom stereocenters. The molecule has 1 heterocycles. The van der Waals surface area contributed by atoms with Gasteiger partial charge in [0, 0.05) is 13.1 Å². The minimum atomic E-state index is -0.172. The minimum absolute atomic E-state index is 0.172. The summed E-state index contributed by atoms with van der Waals surface area (Å²) in [4.78, 5) is 13.9. The van der Waals surface area contributed by atoms with Gasteiger partial charge in [-0.1, -0.05) is 44.2 Å². The molecule has 1 amide bonds. The molecule has 1 aliphatic heterocycles. The topological polar surface area (TPSA) is 29.5 Å². The number of nitrogens with zero attached hydrogens (tertiary/aromatic N) is 1. The fraction of sp³-hybridized carbons (Fsp3) is 0.562. The molecule has 104 valence electrons. The number of likely N-dealkylation sites (tertiary alicyclic amines) is 1. The Labute approximate surface area is 115 Å². The van der Waals surface area contributed by atoms with E-state index in [4.69, 9.17) is 4.74 Å². The zero-order valence-electron chi connectivity index (χ0n) is 11.8. The standard InChI is InChI=1S/C16H23NO2/c1-13(2)15-9-6-10-17(11-15)16(18)19-12-14-7-4-3-5-8-14/h3-5,7-8,13,15H,6,9-12H2,1-2H3. The molecule has 0 aliphatic carbocycles. The summed E-state index contributed by atoms with van der Waals surface area (Å²) in [5, 5.41) is 0. The molecule has 19 heavy (non-hydrogen) atoms. The van der Waals surface area contributed by atoms with Gasteiger partial charge in [-0.15, -0.1) is 0 Å². The van der Waals surface area contributed by atoms with E-state index in [1.54, 1.807) is 0 Å². The van der Waals surface area contributed by atoms with E-state index in [-0.39, 0.29) is 6.09 Å². The average molecular weight is 261 g/mol. The van der Waals surface area contributed by atoms with Crippen LogP contribution in [0.15, 0.2) is 30.3 Å². The number of piperidine rings is 1. The Hall–Kier alpha value is -1.51. The molecule has 0 aromatic heterocycles. The van der Waals surface area contributed by atoms with Crippen LogP contribution in [-0.4, -0.2) is 24.1 Å². The first-order valence-electron chi connectivity index (χ1n) is 7.12. The van der Waals surface area contributed by atoms with Crippen LogP contribution in [0.1, 0.15) is 32.3 Å². The lowest BCUT2D eigenvalue weighted by molar-refractivity contribution is 0.0728. The number of amides is 1. The summed E-state index contributed by atoms with van der Waals surface area (Å²) in [6.07, 6.45) is 2.14. The summed E-state index contributed by atoms with van der Waals surface area (Å²) in [5.74, 6) is 1.24. The van der Waals surface area contributed by atoms with Gasteiger partial charge in [0.2, 0.25) is 0 Å². The Bertz CT molecular complexity index is 402. The van der Waals surface area contributed by atoms with Crippen LogP contribution >= 0.6 is 0 Å². The lowest BCUT2D eigenvalue weighted by Gasteiger charge is -2.34. The van der Waals surface area contributed by atoms with Gasteiger partial charge < -0.3 is 9.64 Å². The Kier molecular flexibility index (Phi) is 4.83. The van der Waals surface area contributed by atoms with Crippen molar-refractivity contribution >= 4 is 6.09 Å². The van der Waals surface area contributed by atoms with Gasteiger partial charge in [0.25, 0.3) is 0 Å². The number of hydrogen-bond acceptors (Lipinski definition) is 2. The van der Waals surface area contributed by atoms with Gasteiger partial charge >= 0.3 is 6.09 Å². The predicted octanol–water partition coefficient (Wildman–Crippen LogP) is 3.69. The SMILES string of the molecule is CC(C)C1CCCN(C(=O)OCc2ccccc2)C1. The molecular weight excluding hydrogens is 238 g/mol. The van der Waals surface area contributed by atoms with E-state index in [9.17, 15) is 4.79 Å². The van der Waals surface area contributed by atoms with Gasteiger partial charge in [-0.3, -0.25) is 0 Å². The van der Waals surface area contributed by atoms with Gasteiger partial charge in [0.15, 0.2) is 0 Å². The highest BCUT2D eigenvalue weighted by molar-refractivity contribution is 5.67. The third kappa shape index (κ3) is 3.98. The van der Waals surface area contributed by atoms with Crippen LogP contribution in [-0.2, 0) is 11.3 Å². The van der Waals surface area contributed by atoms with Gasteiger partial charge in [-0.25, -0.2) is 4.79 Å². The van der Waals surface area contributed by atoms with E-state index >= 15 is 0 Å². The summed E-state index contributed by atoms with van der Waals surface area (Å²) in [6, 6.07) is 9.82. The summed E-state index contributed by atoms with van der Waals surface area (Å²) in [6.45, 7) is 6.48. The minimum Gasteiger partial charge on any atom is -0.445 e. The Morgan fingerprint density at radius 1 is 1.37 bits per heavy atom. The van der Waals surface area contributed by atoms with Crippen molar-refractivity contribution in [1.29, 1.82) is 0 Å². The molecule has 0 radical (unpaired) electrons. The van der Waals surface area contributed by atoms with Crippen molar-refractivity contribution in [3.05, 3.63) is 35.9 Å². The first-order valence-corrected chi connectivity index (χ1v) is 7.12. The monoisotopic (exact) mass is 261 g/mol. The second-order valence-corrected chi connectivity index (χ2v) is 5.63. The van der Waals surface area contributed by atoms with Crippen LogP contribution in [0.2, 0.25) is 0 Å². The van der Waals surface area contributed by atoms with Gasteiger partial charge in [0.1, 0.15) is 6.61 Å².